The number of hydrogen-bond donors (Lipinski definition) is 2. The summed E-state index contributed by atoms with van der Waals surface area (Å²) in [5.74, 6) is 0.600. The first-order valence-corrected chi connectivity index (χ1v) is 9.69. The van der Waals surface area contributed by atoms with Gasteiger partial charge in [-0.15, -0.1) is 11.8 Å². The van der Waals surface area contributed by atoms with Gasteiger partial charge in [-0.1, -0.05) is 6.07 Å². The van der Waals surface area contributed by atoms with Gasteiger partial charge in [0.2, 0.25) is 0 Å². The lowest BCUT2D eigenvalue weighted by Crippen LogP contribution is -2.34. The highest BCUT2D eigenvalue weighted by Gasteiger charge is 2.23. The number of carbonyl (C=O) groups excluding carboxylic acids is 1. The van der Waals surface area contributed by atoms with Gasteiger partial charge in [0.15, 0.2) is 0 Å². The Morgan fingerprint density at radius 1 is 1.26 bits per heavy atom. The number of urea groups is 1. The molecule has 1 aliphatic heterocycles. The summed E-state index contributed by atoms with van der Waals surface area (Å²) in [6.45, 7) is 1.97. The van der Waals surface area contributed by atoms with Gasteiger partial charge in [0.05, 0.1) is 11.7 Å². The van der Waals surface area contributed by atoms with Gasteiger partial charge in [-0.25, -0.2) is 13.9 Å². The third-order valence-corrected chi connectivity index (χ3v) is 5.62. The number of anilines is 1. The zero-order valence-electron chi connectivity index (χ0n) is 14.8. The second kappa shape index (κ2) is 7.44. The normalized spacial score (nSPS) is 15.9. The second-order valence-corrected chi connectivity index (χ2v) is 7.54. The SMILES string of the molecule is Cc1ccnn1-c1cccc(NC(=O)NC2CCSc3ccc(F)cc32)c1. The maximum Gasteiger partial charge on any atom is 0.319 e. The Balaban J connectivity index is 1.48. The van der Waals surface area contributed by atoms with Crippen molar-refractivity contribution in [2.45, 2.75) is 24.3 Å². The fourth-order valence-electron chi connectivity index (χ4n) is 3.20. The molecule has 0 radical (unpaired) electrons. The molecule has 0 aliphatic carbocycles. The Morgan fingerprint density at radius 2 is 2.15 bits per heavy atom. The molecule has 0 saturated heterocycles. The van der Waals surface area contributed by atoms with Gasteiger partial charge in [-0.3, -0.25) is 0 Å². The van der Waals surface area contributed by atoms with E-state index < -0.39 is 0 Å². The monoisotopic (exact) mass is 382 g/mol. The number of nitrogens with zero attached hydrogens (tertiary/aromatic N) is 2. The minimum Gasteiger partial charge on any atom is -0.331 e. The van der Waals surface area contributed by atoms with Crippen LogP contribution in [0.4, 0.5) is 14.9 Å². The summed E-state index contributed by atoms with van der Waals surface area (Å²) in [6.07, 6.45) is 2.50. The summed E-state index contributed by atoms with van der Waals surface area (Å²) in [5, 5.41) is 10.1. The van der Waals surface area contributed by atoms with Crippen LogP contribution in [0.25, 0.3) is 5.69 Å². The molecule has 138 valence electrons. The lowest BCUT2D eigenvalue weighted by molar-refractivity contribution is 0.248. The maximum absolute atomic E-state index is 13.6. The molecule has 2 aromatic carbocycles. The predicted octanol–water partition coefficient (Wildman–Crippen LogP) is 4.68. The lowest BCUT2D eigenvalue weighted by atomic mass is 10.0. The molecule has 1 aromatic heterocycles. The van der Waals surface area contributed by atoms with Crippen LogP contribution in [0.1, 0.15) is 23.7 Å². The Morgan fingerprint density at radius 3 is 2.96 bits per heavy atom. The van der Waals surface area contributed by atoms with Crippen LogP contribution < -0.4 is 10.6 Å². The molecule has 7 heteroatoms. The van der Waals surface area contributed by atoms with Gasteiger partial charge in [-0.2, -0.15) is 5.10 Å². The van der Waals surface area contributed by atoms with Gasteiger partial charge in [0, 0.05) is 28.2 Å². The smallest absolute Gasteiger partial charge is 0.319 e. The van der Waals surface area contributed by atoms with Crippen LogP contribution >= 0.6 is 11.8 Å². The summed E-state index contributed by atoms with van der Waals surface area (Å²) in [7, 11) is 0. The molecule has 2 amide bonds. The van der Waals surface area contributed by atoms with Crippen molar-refractivity contribution in [3.63, 3.8) is 0 Å². The Bertz CT molecular complexity index is 988. The molecular formula is C20H19FN4OS. The van der Waals surface area contributed by atoms with E-state index in [0.717, 1.165) is 34.0 Å². The van der Waals surface area contributed by atoms with E-state index in [-0.39, 0.29) is 17.9 Å². The van der Waals surface area contributed by atoms with E-state index >= 15 is 0 Å². The molecule has 1 aliphatic rings. The number of halogens is 1. The molecular weight excluding hydrogens is 363 g/mol. The van der Waals surface area contributed by atoms with Crippen molar-refractivity contribution in [3.05, 3.63) is 71.8 Å². The van der Waals surface area contributed by atoms with Crippen molar-refractivity contribution in [1.82, 2.24) is 15.1 Å². The molecule has 4 rings (SSSR count). The van der Waals surface area contributed by atoms with Crippen LogP contribution in [0.5, 0.6) is 0 Å². The van der Waals surface area contributed by atoms with E-state index in [1.54, 1.807) is 28.7 Å². The van der Waals surface area contributed by atoms with Gasteiger partial charge in [-0.05, 0) is 61.4 Å². The first-order chi connectivity index (χ1) is 13.1. The molecule has 2 heterocycles. The summed E-state index contributed by atoms with van der Waals surface area (Å²) in [6, 6.07) is 13.6. The standard InChI is InChI=1S/C20H19FN4OS/c1-13-7-9-22-25(13)16-4-2-3-15(12-16)23-20(26)24-18-8-10-27-19-6-5-14(21)11-17(18)19/h2-7,9,11-12,18H,8,10H2,1H3,(H2,23,24,26). The van der Waals surface area contributed by atoms with E-state index in [1.807, 2.05) is 37.3 Å². The van der Waals surface area contributed by atoms with Crippen molar-refractivity contribution in [1.29, 1.82) is 0 Å². The van der Waals surface area contributed by atoms with Crippen LogP contribution in [0, 0.1) is 12.7 Å². The highest BCUT2D eigenvalue weighted by Crippen LogP contribution is 2.36. The van der Waals surface area contributed by atoms with E-state index in [4.69, 9.17) is 0 Å². The quantitative estimate of drug-likeness (QED) is 0.692. The van der Waals surface area contributed by atoms with Gasteiger partial charge < -0.3 is 10.6 Å². The second-order valence-electron chi connectivity index (χ2n) is 6.41. The molecule has 0 bridgehead atoms. The molecule has 2 N–H and O–H groups in total. The number of carbonyl (C=O) groups is 1. The van der Waals surface area contributed by atoms with Crippen molar-refractivity contribution >= 4 is 23.5 Å². The summed E-state index contributed by atoms with van der Waals surface area (Å²) in [4.78, 5) is 13.5. The minimum atomic E-state index is -0.309. The molecule has 0 spiro atoms. The fourth-order valence-corrected chi connectivity index (χ4v) is 4.30. The van der Waals surface area contributed by atoms with Crippen molar-refractivity contribution in [2.75, 3.05) is 11.1 Å². The third-order valence-electron chi connectivity index (χ3n) is 4.50. The van der Waals surface area contributed by atoms with E-state index in [0.29, 0.717) is 5.69 Å². The lowest BCUT2D eigenvalue weighted by Gasteiger charge is -2.26. The first kappa shape index (κ1) is 17.6. The summed E-state index contributed by atoms with van der Waals surface area (Å²) >= 11 is 1.69. The Labute approximate surface area is 161 Å². The van der Waals surface area contributed by atoms with Crippen LogP contribution in [0.15, 0.2) is 59.6 Å². The fraction of sp³-hybridized carbons (Fsp3) is 0.200. The Kier molecular flexibility index (Phi) is 4.85. The first-order valence-electron chi connectivity index (χ1n) is 8.71. The van der Waals surface area contributed by atoms with Gasteiger partial charge in [0.1, 0.15) is 5.82 Å². The number of aromatic nitrogens is 2. The number of benzene rings is 2. The number of hydrogen-bond acceptors (Lipinski definition) is 3. The van der Waals surface area contributed by atoms with Gasteiger partial charge in [0.25, 0.3) is 0 Å². The molecule has 27 heavy (non-hydrogen) atoms. The zero-order valence-corrected chi connectivity index (χ0v) is 15.6. The topological polar surface area (TPSA) is 59.0 Å². The van der Waals surface area contributed by atoms with Crippen molar-refractivity contribution in [2.24, 2.45) is 0 Å². The van der Waals surface area contributed by atoms with Crippen molar-refractivity contribution in [3.8, 4) is 5.69 Å². The van der Waals surface area contributed by atoms with Gasteiger partial charge >= 0.3 is 6.03 Å². The Hall–Kier alpha value is -2.80. The average Bonchev–Trinajstić information content (AvgIpc) is 3.08. The molecule has 0 fully saturated rings. The van der Waals surface area contributed by atoms with Crippen molar-refractivity contribution < 1.29 is 9.18 Å². The third kappa shape index (κ3) is 3.83. The van der Waals surface area contributed by atoms with Crippen LogP contribution in [0.2, 0.25) is 0 Å². The molecule has 1 unspecified atom stereocenters. The number of amides is 2. The molecule has 3 aromatic rings. The van der Waals surface area contributed by atoms with E-state index in [1.165, 1.54) is 12.1 Å². The minimum absolute atomic E-state index is 0.200. The number of nitrogens with one attached hydrogen (secondary N) is 2. The van der Waals surface area contributed by atoms with Crippen LogP contribution in [-0.2, 0) is 0 Å². The number of aryl methyl sites for hydroxylation is 1. The van der Waals surface area contributed by atoms with Crippen LogP contribution in [-0.4, -0.2) is 21.6 Å². The number of rotatable bonds is 3. The predicted molar refractivity (Wildman–Crippen MR) is 105 cm³/mol. The van der Waals surface area contributed by atoms with E-state index in [9.17, 15) is 9.18 Å². The zero-order chi connectivity index (χ0) is 18.8. The molecule has 5 nitrogen and oxygen atoms in total. The van der Waals surface area contributed by atoms with E-state index in [2.05, 4.69) is 15.7 Å². The number of thioether (sulfide) groups is 1. The molecule has 0 saturated carbocycles. The highest BCUT2D eigenvalue weighted by molar-refractivity contribution is 7.99. The molecule has 1 atom stereocenters. The number of fused-ring (bicyclic) bond motifs is 1. The highest BCUT2D eigenvalue weighted by atomic mass is 32.2. The largest absolute Gasteiger partial charge is 0.331 e. The maximum atomic E-state index is 13.6. The average molecular weight is 382 g/mol. The summed E-state index contributed by atoms with van der Waals surface area (Å²) in [5.41, 5.74) is 3.39. The van der Waals surface area contributed by atoms with Crippen LogP contribution in [0.3, 0.4) is 0 Å². The summed E-state index contributed by atoms with van der Waals surface area (Å²) < 4.78 is 15.4.